The van der Waals surface area contributed by atoms with Gasteiger partial charge in [-0.1, -0.05) is 27.2 Å². The van der Waals surface area contributed by atoms with E-state index in [1.807, 2.05) is 0 Å². The Kier molecular flexibility index (Phi) is 4.58. The van der Waals surface area contributed by atoms with Crippen LogP contribution in [0.3, 0.4) is 0 Å². The van der Waals surface area contributed by atoms with Crippen molar-refractivity contribution in [1.82, 2.24) is 0 Å². The van der Waals surface area contributed by atoms with Gasteiger partial charge in [-0.2, -0.15) is 0 Å². The van der Waals surface area contributed by atoms with Crippen LogP contribution >= 0.6 is 0 Å². The minimum absolute atomic E-state index is 0.103. The van der Waals surface area contributed by atoms with Crippen molar-refractivity contribution in [3.63, 3.8) is 0 Å². The molecule has 0 amide bonds. The number of hydrogen-bond acceptors (Lipinski definition) is 2. The van der Waals surface area contributed by atoms with Gasteiger partial charge in [0, 0.05) is 0 Å². The molecule has 0 saturated heterocycles. The molecule has 0 spiro atoms. The monoisotopic (exact) mass is 213 g/mol. The Bertz CT molecular complexity index is 213. The second kappa shape index (κ2) is 5.50. The Balaban J connectivity index is 2.50. The number of carbonyl (C=O) groups is 1. The number of hydrogen-bond donors (Lipinski definition) is 0. The second-order valence-corrected chi connectivity index (χ2v) is 5.05. The van der Waals surface area contributed by atoms with E-state index in [0.29, 0.717) is 17.8 Å². The van der Waals surface area contributed by atoms with Crippen LogP contribution in [0.2, 0.25) is 0 Å². The predicted octanol–water partition coefficient (Wildman–Crippen LogP) is 2.42. The third-order valence-electron chi connectivity index (χ3n) is 3.38. The molecule has 3 heteroatoms. The van der Waals surface area contributed by atoms with E-state index >= 15 is 0 Å². The van der Waals surface area contributed by atoms with Gasteiger partial charge in [-0.3, -0.25) is 0 Å². The van der Waals surface area contributed by atoms with E-state index in [2.05, 4.69) is 20.8 Å². The van der Waals surface area contributed by atoms with E-state index < -0.39 is 5.97 Å². The van der Waals surface area contributed by atoms with E-state index in [9.17, 15) is 9.90 Å². The van der Waals surface area contributed by atoms with Crippen LogP contribution in [-0.2, 0) is 14.6 Å². The Morgan fingerprint density at radius 3 is 2.60 bits per heavy atom. The van der Waals surface area contributed by atoms with Crippen molar-refractivity contribution in [2.45, 2.75) is 46.1 Å². The summed E-state index contributed by atoms with van der Waals surface area (Å²) in [7, 11) is 0. The third kappa shape index (κ3) is 3.82. The van der Waals surface area contributed by atoms with Crippen molar-refractivity contribution in [3.8, 4) is 0 Å². The zero-order valence-corrected chi connectivity index (χ0v) is 9.86. The Labute approximate surface area is 91.8 Å². The molecule has 0 aliphatic heterocycles. The Morgan fingerprint density at radius 1 is 1.40 bits per heavy atom. The molecule has 3 unspecified atom stereocenters. The molecular formula is C12H21O3. The number of ether oxygens (including phenoxy) is 1. The first kappa shape index (κ1) is 12.5. The standard InChI is InChI=1S/C12H21O3/c1-8(2)10-5-4-9(3)6-11(10)15-7-12(13)14/h8-11H,4-7H2,1-3H3. The Morgan fingerprint density at radius 2 is 2.07 bits per heavy atom. The van der Waals surface area contributed by atoms with E-state index in [1.54, 1.807) is 0 Å². The normalized spacial score (nSPS) is 31.9. The highest BCUT2D eigenvalue weighted by atomic mass is 16.5. The summed E-state index contributed by atoms with van der Waals surface area (Å²) >= 11 is 0. The molecule has 15 heavy (non-hydrogen) atoms. The van der Waals surface area contributed by atoms with Crippen LogP contribution in [0.1, 0.15) is 40.0 Å². The summed E-state index contributed by atoms with van der Waals surface area (Å²) in [4.78, 5) is 10.4. The zero-order valence-electron chi connectivity index (χ0n) is 9.86. The molecule has 1 radical (unpaired) electrons. The fourth-order valence-electron chi connectivity index (χ4n) is 2.48. The number of rotatable bonds is 4. The smallest absolute Gasteiger partial charge is 0.366 e. The quantitative estimate of drug-likeness (QED) is 0.720. The summed E-state index contributed by atoms with van der Waals surface area (Å²) in [5.41, 5.74) is 0. The maximum Gasteiger partial charge on any atom is 0.380 e. The molecule has 1 aliphatic rings. The average molecular weight is 213 g/mol. The molecular weight excluding hydrogens is 192 g/mol. The molecule has 3 atom stereocenters. The largest absolute Gasteiger partial charge is 0.380 e. The van der Waals surface area contributed by atoms with Crippen LogP contribution in [0, 0.1) is 17.8 Å². The highest BCUT2D eigenvalue weighted by molar-refractivity contribution is 5.67. The summed E-state index contributed by atoms with van der Waals surface area (Å²) in [5.74, 6) is 0.590. The topological polar surface area (TPSA) is 46.2 Å². The summed E-state index contributed by atoms with van der Waals surface area (Å²) in [5, 5.41) is 10.4. The average Bonchev–Trinajstić information content (AvgIpc) is 2.14. The van der Waals surface area contributed by atoms with Gasteiger partial charge in [0.1, 0.15) is 6.61 Å². The van der Waals surface area contributed by atoms with Crippen molar-refractivity contribution < 1.29 is 14.6 Å². The van der Waals surface area contributed by atoms with Crippen LogP contribution in [0.4, 0.5) is 0 Å². The van der Waals surface area contributed by atoms with Crippen molar-refractivity contribution in [3.05, 3.63) is 0 Å². The molecule has 1 rings (SSSR count). The van der Waals surface area contributed by atoms with Gasteiger partial charge >= 0.3 is 5.97 Å². The zero-order chi connectivity index (χ0) is 11.4. The van der Waals surface area contributed by atoms with Gasteiger partial charge in [0.05, 0.1) is 6.10 Å². The van der Waals surface area contributed by atoms with Gasteiger partial charge in [0.15, 0.2) is 0 Å². The number of carbonyl (C=O) groups excluding carboxylic acids is 1. The van der Waals surface area contributed by atoms with Crippen molar-refractivity contribution in [1.29, 1.82) is 0 Å². The molecule has 0 heterocycles. The lowest BCUT2D eigenvalue weighted by Crippen LogP contribution is -2.35. The third-order valence-corrected chi connectivity index (χ3v) is 3.38. The lowest BCUT2D eigenvalue weighted by molar-refractivity contribution is -0.153. The second-order valence-electron chi connectivity index (χ2n) is 5.05. The molecule has 0 aromatic rings. The van der Waals surface area contributed by atoms with Crippen LogP contribution in [0.25, 0.3) is 0 Å². The fourth-order valence-corrected chi connectivity index (χ4v) is 2.48. The molecule has 0 bridgehead atoms. The van der Waals surface area contributed by atoms with Crippen molar-refractivity contribution in [2.75, 3.05) is 6.61 Å². The SMILES string of the molecule is CC1CCC(C(C)C)C(OCC([O])=O)C1. The van der Waals surface area contributed by atoms with Gasteiger partial charge in [-0.05, 0) is 30.6 Å². The predicted molar refractivity (Wildman–Crippen MR) is 56.8 cm³/mol. The maximum atomic E-state index is 10.4. The van der Waals surface area contributed by atoms with Gasteiger partial charge in [-0.25, -0.2) is 9.90 Å². The molecule has 1 aliphatic carbocycles. The molecule has 87 valence electrons. The maximum absolute atomic E-state index is 10.4. The van der Waals surface area contributed by atoms with Crippen molar-refractivity contribution in [2.24, 2.45) is 17.8 Å². The first-order chi connectivity index (χ1) is 7.00. The summed E-state index contributed by atoms with van der Waals surface area (Å²) < 4.78 is 5.43. The van der Waals surface area contributed by atoms with E-state index in [1.165, 1.54) is 6.42 Å². The van der Waals surface area contributed by atoms with Crippen LogP contribution in [0.5, 0.6) is 0 Å². The van der Waals surface area contributed by atoms with Crippen LogP contribution < -0.4 is 0 Å². The first-order valence-corrected chi connectivity index (χ1v) is 5.82. The summed E-state index contributed by atoms with van der Waals surface area (Å²) in [6, 6.07) is 0. The molecule has 1 fully saturated rings. The molecule has 0 aromatic carbocycles. The van der Waals surface area contributed by atoms with E-state index in [0.717, 1.165) is 12.8 Å². The Hall–Kier alpha value is -0.570. The van der Waals surface area contributed by atoms with Gasteiger partial charge < -0.3 is 4.74 Å². The molecule has 1 saturated carbocycles. The lowest BCUT2D eigenvalue weighted by atomic mass is 9.75. The van der Waals surface area contributed by atoms with Gasteiger partial charge in [0.25, 0.3) is 0 Å². The highest BCUT2D eigenvalue weighted by Crippen LogP contribution is 2.35. The van der Waals surface area contributed by atoms with E-state index in [4.69, 9.17) is 4.74 Å². The van der Waals surface area contributed by atoms with Crippen molar-refractivity contribution >= 4 is 5.97 Å². The van der Waals surface area contributed by atoms with Gasteiger partial charge in [0.2, 0.25) is 0 Å². The molecule has 0 N–H and O–H groups in total. The van der Waals surface area contributed by atoms with Gasteiger partial charge in [-0.15, -0.1) is 0 Å². The summed E-state index contributed by atoms with van der Waals surface area (Å²) in [6.07, 6.45) is 3.47. The summed E-state index contributed by atoms with van der Waals surface area (Å²) in [6.45, 7) is 6.29. The van der Waals surface area contributed by atoms with Crippen LogP contribution in [-0.4, -0.2) is 18.7 Å². The minimum Gasteiger partial charge on any atom is -0.366 e. The molecule has 0 aromatic heterocycles. The van der Waals surface area contributed by atoms with E-state index in [-0.39, 0.29) is 12.7 Å². The first-order valence-electron chi connectivity index (χ1n) is 5.82. The lowest BCUT2D eigenvalue weighted by Gasteiger charge is -2.36. The fraction of sp³-hybridized carbons (Fsp3) is 0.917. The van der Waals surface area contributed by atoms with Crippen LogP contribution in [0.15, 0.2) is 0 Å². The highest BCUT2D eigenvalue weighted by Gasteiger charge is 2.31. The minimum atomic E-state index is -1.12. The molecule has 3 nitrogen and oxygen atoms in total.